The molecular formula is C16H29N. The minimum absolute atomic E-state index is 0.188. The molecule has 0 aromatic carbocycles. The van der Waals surface area contributed by atoms with Crippen molar-refractivity contribution in [1.29, 1.82) is 0 Å². The van der Waals surface area contributed by atoms with Gasteiger partial charge < -0.3 is 5.73 Å². The third-order valence-corrected chi connectivity index (χ3v) is 6.65. The fraction of sp³-hybridized carbons (Fsp3) is 1.00. The molecule has 98 valence electrons. The van der Waals surface area contributed by atoms with Crippen LogP contribution in [0.3, 0.4) is 0 Å². The average molecular weight is 235 g/mol. The van der Waals surface area contributed by atoms with Gasteiger partial charge in [-0.25, -0.2) is 0 Å². The molecule has 17 heavy (non-hydrogen) atoms. The second kappa shape index (κ2) is 3.29. The fourth-order valence-electron chi connectivity index (χ4n) is 5.95. The Bertz CT molecular complexity index is 306. The topological polar surface area (TPSA) is 26.0 Å². The van der Waals surface area contributed by atoms with E-state index in [0.717, 1.165) is 17.8 Å². The van der Waals surface area contributed by atoms with Crippen molar-refractivity contribution in [2.75, 3.05) is 0 Å². The highest BCUT2D eigenvalue weighted by Gasteiger charge is 2.63. The van der Waals surface area contributed by atoms with E-state index in [1.807, 2.05) is 0 Å². The van der Waals surface area contributed by atoms with Gasteiger partial charge in [0, 0.05) is 5.54 Å². The Hall–Kier alpha value is -0.0400. The SMILES string of the molecule is CC(C)[C@@]12CC3CC(N)(C1)C[C@](C(C)C)(C3)C2. The normalized spacial score (nSPS) is 52.8. The van der Waals surface area contributed by atoms with Gasteiger partial charge in [-0.05, 0) is 67.1 Å². The van der Waals surface area contributed by atoms with E-state index in [4.69, 9.17) is 5.73 Å². The zero-order valence-corrected chi connectivity index (χ0v) is 12.1. The van der Waals surface area contributed by atoms with Gasteiger partial charge in [-0.15, -0.1) is 0 Å². The number of nitrogens with two attached hydrogens (primary N) is 1. The summed E-state index contributed by atoms with van der Waals surface area (Å²) < 4.78 is 0. The molecule has 0 spiro atoms. The van der Waals surface area contributed by atoms with Crippen LogP contribution in [0.2, 0.25) is 0 Å². The van der Waals surface area contributed by atoms with Gasteiger partial charge >= 0.3 is 0 Å². The summed E-state index contributed by atoms with van der Waals surface area (Å²) in [5, 5.41) is 0. The summed E-state index contributed by atoms with van der Waals surface area (Å²) >= 11 is 0. The molecule has 4 aliphatic rings. The molecule has 0 aliphatic heterocycles. The molecule has 4 atom stereocenters. The van der Waals surface area contributed by atoms with E-state index >= 15 is 0 Å². The van der Waals surface area contributed by atoms with Crippen LogP contribution in [0.1, 0.15) is 66.2 Å². The lowest BCUT2D eigenvalue weighted by molar-refractivity contribution is -0.158. The molecular weight excluding hydrogens is 206 g/mol. The van der Waals surface area contributed by atoms with Gasteiger partial charge in [-0.2, -0.15) is 0 Å². The first kappa shape index (κ1) is 12.0. The number of hydrogen-bond acceptors (Lipinski definition) is 1. The first-order valence-corrected chi connectivity index (χ1v) is 7.58. The van der Waals surface area contributed by atoms with Crippen LogP contribution in [0.15, 0.2) is 0 Å². The Morgan fingerprint density at radius 3 is 1.65 bits per heavy atom. The highest BCUT2D eigenvalue weighted by molar-refractivity contribution is 5.16. The maximum Gasteiger partial charge on any atom is 0.0167 e. The Morgan fingerprint density at radius 2 is 1.29 bits per heavy atom. The largest absolute Gasteiger partial charge is 0.325 e. The summed E-state index contributed by atoms with van der Waals surface area (Å²) in [4.78, 5) is 0. The molecule has 0 saturated heterocycles. The molecule has 0 aromatic rings. The van der Waals surface area contributed by atoms with Crippen molar-refractivity contribution in [3.05, 3.63) is 0 Å². The van der Waals surface area contributed by atoms with E-state index in [0.29, 0.717) is 10.8 Å². The molecule has 1 heteroatoms. The van der Waals surface area contributed by atoms with Crippen molar-refractivity contribution < 1.29 is 0 Å². The van der Waals surface area contributed by atoms with Crippen LogP contribution in [0.4, 0.5) is 0 Å². The molecule has 4 rings (SSSR count). The quantitative estimate of drug-likeness (QED) is 0.770. The smallest absolute Gasteiger partial charge is 0.0167 e. The van der Waals surface area contributed by atoms with Crippen LogP contribution < -0.4 is 5.73 Å². The Morgan fingerprint density at radius 1 is 0.824 bits per heavy atom. The van der Waals surface area contributed by atoms with E-state index in [1.54, 1.807) is 0 Å². The van der Waals surface area contributed by atoms with Crippen LogP contribution >= 0.6 is 0 Å². The van der Waals surface area contributed by atoms with Crippen molar-refractivity contribution in [3.63, 3.8) is 0 Å². The van der Waals surface area contributed by atoms with Gasteiger partial charge in [0.15, 0.2) is 0 Å². The zero-order chi connectivity index (χ0) is 12.5. The van der Waals surface area contributed by atoms with Gasteiger partial charge in [-0.1, -0.05) is 27.7 Å². The second-order valence-electron chi connectivity index (χ2n) is 8.41. The molecule has 4 aliphatic carbocycles. The molecule has 4 fully saturated rings. The van der Waals surface area contributed by atoms with Gasteiger partial charge in [0.2, 0.25) is 0 Å². The third kappa shape index (κ3) is 1.54. The van der Waals surface area contributed by atoms with Crippen LogP contribution in [0, 0.1) is 28.6 Å². The molecule has 0 radical (unpaired) electrons. The molecule has 0 heterocycles. The summed E-state index contributed by atoms with van der Waals surface area (Å²) in [6.07, 6.45) is 8.34. The lowest BCUT2D eigenvalue weighted by Crippen LogP contribution is -2.66. The lowest BCUT2D eigenvalue weighted by atomic mass is 9.38. The molecule has 2 N–H and O–H groups in total. The van der Waals surface area contributed by atoms with Gasteiger partial charge in [0.1, 0.15) is 0 Å². The first-order valence-electron chi connectivity index (χ1n) is 7.58. The number of rotatable bonds is 2. The van der Waals surface area contributed by atoms with E-state index in [1.165, 1.54) is 38.5 Å². The number of hydrogen-bond donors (Lipinski definition) is 1. The van der Waals surface area contributed by atoms with Crippen LogP contribution in [-0.4, -0.2) is 5.54 Å². The molecule has 4 saturated carbocycles. The van der Waals surface area contributed by atoms with Gasteiger partial charge in [-0.3, -0.25) is 0 Å². The van der Waals surface area contributed by atoms with Crippen LogP contribution in [0.5, 0.6) is 0 Å². The summed E-state index contributed by atoms with van der Waals surface area (Å²) in [5.41, 5.74) is 8.12. The molecule has 1 nitrogen and oxygen atoms in total. The lowest BCUT2D eigenvalue weighted by Gasteiger charge is -2.68. The maximum absolute atomic E-state index is 6.77. The zero-order valence-electron chi connectivity index (χ0n) is 12.1. The molecule has 2 unspecified atom stereocenters. The minimum Gasteiger partial charge on any atom is -0.325 e. The Balaban J connectivity index is 2.03. The van der Waals surface area contributed by atoms with E-state index < -0.39 is 0 Å². The summed E-state index contributed by atoms with van der Waals surface area (Å²) in [5.74, 6) is 2.56. The molecule has 0 amide bonds. The second-order valence-corrected chi connectivity index (χ2v) is 8.41. The highest BCUT2D eigenvalue weighted by atomic mass is 14.8. The summed E-state index contributed by atoms with van der Waals surface area (Å²) in [7, 11) is 0. The van der Waals surface area contributed by atoms with Crippen molar-refractivity contribution in [2.45, 2.75) is 71.8 Å². The van der Waals surface area contributed by atoms with Crippen molar-refractivity contribution in [3.8, 4) is 0 Å². The predicted octanol–water partition coefficient (Wildman–Crippen LogP) is 3.97. The average Bonchev–Trinajstić information content (AvgIpc) is 2.12. The van der Waals surface area contributed by atoms with Gasteiger partial charge in [0.05, 0.1) is 0 Å². The Kier molecular flexibility index (Phi) is 2.32. The van der Waals surface area contributed by atoms with Crippen LogP contribution in [-0.2, 0) is 0 Å². The van der Waals surface area contributed by atoms with E-state index in [-0.39, 0.29) is 5.54 Å². The first-order chi connectivity index (χ1) is 7.79. The fourth-order valence-corrected chi connectivity index (χ4v) is 5.95. The maximum atomic E-state index is 6.77. The van der Waals surface area contributed by atoms with Gasteiger partial charge in [0.25, 0.3) is 0 Å². The predicted molar refractivity (Wildman–Crippen MR) is 72.7 cm³/mol. The Labute approximate surface area is 107 Å². The highest BCUT2D eigenvalue weighted by Crippen LogP contribution is 2.69. The van der Waals surface area contributed by atoms with Crippen LogP contribution in [0.25, 0.3) is 0 Å². The van der Waals surface area contributed by atoms with E-state index in [2.05, 4.69) is 27.7 Å². The standard InChI is InChI=1S/C16H29N/c1-11(2)14-5-13-6-15(8-14,12(3)4)10-16(17,7-13)9-14/h11-13H,5-10,17H2,1-4H3/t13?,14-,15+,16?. The summed E-state index contributed by atoms with van der Waals surface area (Å²) in [6, 6.07) is 0. The third-order valence-electron chi connectivity index (χ3n) is 6.65. The molecule has 0 aromatic heterocycles. The van der Waals surface area contributed by atoms with Crippen molar-refractivity contribution in [1.82, 2.24) is 0 Å². The van der Waals surface area contributed by atoms with Crippen molar-refractivity contribution in [2.24, 2.45) is 34.3 Å². The minimum atomic E-state index is 0.188. The van der Waals surface area contributed by atoms with E-state index in [9.17, 15) is 0 Å². The summed E-state index contributed by atoms with van der Waals surface area (Å²) in [6.45, 7) is 9.74. The van der Waals surface area contributed by atoms with Crippen molar-refractivity contribution >= 4 is 0 Å². The molecule has 4 bridgehead atoms. The monoisotopic (exact) mass is 235 g/mol.